The molecule has 0 bridgehead atoms. The van der Waals surface area contributed by atoms with Crippen molar-refractivity contribution >= 4 is 22.0 Å². The van der Waals surface area contributed by atoms with Gasteiger partial charge in [-0.2, -0.15) is 4.31 Å². The Bertz CT molecular complexity index is 335. The molecule has 0 N–H and O–H groups in total. The summed E-state index contributed by atoms with van der Waals surface area (Å²) in [5, 5.41) is 0. The third kappa shape index (κ3) is 4.75. The van der Waals surface area contributed by atoms with E-state index in [4.69, 9.17) is 0 Å². The summed E-state index contributed by atoms with van der Waals surface area (Å²) in [4.78, 5) is 21.5. The average molecular weight is 239 g/mol. The second kappa shape index (κ2) is 5.66. The normalized spacial score (nSPS) is 11.2. The van der Waals surface area contributed by atoms with E-state index in [9.17, 15) is 18.0 Å². The highest BCUT2D eigenvalue weighted by atomic mass is 32.2. The fourth-order valence-electron chi connectivity index (χ4n) is 0.663. The van der Waals surface area contributed by atoms with Gasteiger partial charge in [-0.05, 0) is 0 Å². The minimum atomic E-state index is -3.82. The smallest absolute Gasteiger partial charge is 0.322 e. The Morgan fingerprint density at radius 2 is 1.60 bits per heavy atom. The van der Waals surface area contributed by atoms with Crippen molar-refractivity contribution in [3.8, 4) is 0 Å². The lowest BCUT2D eigenvalue weighted by atomic mass is 10.7. The van der Waals surface area contributed by atoms with E-state index < -0.39 is 34.3 Å². The number of sulfonamides is 1. The molecule has 0 saturated carbocycles. The van der Waals surface area contributed by atoms with Gasteiger partial charge in [-0.3, -0.25) is 9.59 Å². The first kappa shape index (κ1) is 13.8. The molecule has 0 aliphatic rings. The molecule has 0 fully saturated rings. The van der Waals surface area contributed by atoms with Gasteiger partial charge in [-0.15, -0.1) is 0 Å². The highest BCUT2D eigenvalue weighted by Crippen LogP contribution is 1.99. The fourth-order valence-corrected chi connectivity index (χ4v) is 1.60. The number of rotatable bonds is 5. The third-order valence-electron chi connectivity index (χ3n) is 1.58. The van der Waals surface area contributed by atoms with Crippen molar-refractivity contribution in [3.63, 3.8) is 0 Å². The summed E-state index contributed by atoms with van der Waals surface area (Å²) in [5.74, 6) is -2.38. The Morgan fingerprint density at radius 3 is 2.00 bits per heavy atom. The Morgan fingerprint density at radius 1 is 1.13 bits per heavy atom. The Labute approximate surface area is 88.0 Å². The van der Waals surface area contributed by atoms with Crippen molar-refractivity contribution in [3.05, 3.63) is 0 Å². The maximum Gasteiger partial charge on any atom is 0.322 e. The second-order valence-corrected chi connectivity index (χ2v) is 4.74. The summed E-state index contributed by atoms with van der Waals surface area (Å²) in [6, 6.07) is 0. The summed E-state index contributed by atoms with van der Waals surface area (Å²) in [6.07, 6.45) is 0. The Kier molecular flexibility index (Phi) is 5.23. The van der Waals surface area contributed by atoms with Crippen molar-refractivity contribution in [1.29, 1.82) is 0 Å². The fraction of sp³-hybridized carbons (Fsp3) is 0.714. The highest BCUT2D eigenvalue weighted by molar-refractivity contribution is 7.89. The van der Waals surface area contributed by atoms with Gasteiger partial charge in [-0.1, -0.05) is 0 Å². The van der Waals surface area contributed by atoms with Crippen LogP contribution in [0.15, 0.2) is 0 Å². The summed E-state index contributed by atoms with van der Waals surface area (Å²) in [5.41, 5.74) is 0. The zero-order chi connectivity index (χ0) is 12.1. The molecule has 0 aromatic rings. The Balaban J connectivity index is 4.46. The number of likely N-dealkylation sites (N-methyl/N-ethyl adjacent to an activating group) is 1. The van der Waals surface area contributed by atoms with Crippen LogP contribution in [0, 0.1) is 0 Å². The number of hydrogen-bond donors (Lipinski definition) is 0. The molecule has 0 heterocycles. The van der Waals surface area contributed by atoms with E-state index in [1.165, 1.54) is 7.05 Å². The van der Waals surface area contributed by atoms with Crippen molar-refractivity contribution in [2.75, 3.05) is 33.6 Å². The number of ether oxygens (including phenoxy) is 2. The lowest BCUT2D eigenvalue weighted by Crippen LogP contribution is -2.36. The van der Waals surface area contributed by atoms with Crippen LogP contribution in [0.1, 0.15) is 0 Å². The van der Waals surface area contributed by atoms with E-state index in [2.05, 4.69) is 9.47 Å². The molecular weight excluding hydrogens is 226 g/mol. The maximum absolute atomic E-state index is 11.4. The van der Waals surface area contributed by atoms with Gasteiger partial charge in [0.25, 0.3) is 0 Å². The van der Waals surface area contributed by atoms with E-state index in [0.717, 1.165) is 18.5 Å². The van der Waals surface area contributed by atoms with Gasteiger partial charge >= 0.3 is 11.9 Å². The lowest BCUT2D eigenvalue weighted by Gasteiger charge is -2.14. The largest absolute Gasteiger partial charge is 0.468 e. The van der Waals surface area contributed by atoms with E-state index in [1.54, 1.807) is 0 Å². The topological polar surface area (TPSA) is 90.0 Å². The molecule has 88 valence electrons. The minimum absolute atomic E-state index is 0.435. The van der Waals surface area contributed by atoms with Gasteiger partial charge in [0.05, 0.1) is 14.2 Å². The quantitative estimate of drug-likeness (QED) is 0.548. The Hall–Kier alpha value is -1.15. The van der Waals surface area contributed by atoms with E-state index in [1.807, 2.05) is 0 Å². The zero-order valence-corrected chi connectivity index (χ0v) is 9.54. The van der Waals surface area contributed by atoms with Crippen LogP contribution in [0.4, 0.5) is 0 Å². The van der Waals surface area contributed by atoms with Crippen LogP contribution in [0.25, 0.3) is 0 Å². The molecule has 0 aliphatic carbocycles. The second-order valence-electron chi connectivity index (χ2n) is 2.66. The highest BCUT2D eigenvalue weighted by Gasteiger charge is 2.24. The predicted octanol–water partition coefficient (Wildman–Crippen LogP) is -1.41. The van der Waals surface area contributed by atoms with Crippen LogP contribution in [-0.2, 0) is 29.1 Å². The SMILES string of the molecule is COC(=O)CN(C)S(=O)(=O)CC(=O)OC. The molecule has 7 nitrogen and oxygen atoms in total. The van der Waals surface area contributed by atoms with Gasteiger partial charge in [-0.25, -0.2) is 8.42 Å². The van der Waals surface area contributed by atoms with Crippen LogP contribution in [0.2, 0.25) is 0 Å². The van der Waals surface area contributed by atoms with Crippen LogP contribution in [-0.4, -0.2) is 58.2 Å². The van der Waals surface area contributed by atoms with Gasteiger partial charge in [0.15, 0.2) is 5.75 Å². The molecular formula is C7H13NO6S. The molecule has 0 aromatic carbocycles. The summed E-state index contributed by atoms with van der Waals surface area (Å²) in [6.45, 7) is -0.435. The van der Waals surface area contributed by atoms with Crippen molar-refractivity contribution in [1.82, 2.24) is 4.31 Å². The van der Waals surface area contributed by atoms with E-state index in [0.29, 0.717) is 0 Å². The summed E-state index contributed by atoms with van der Waals surface area (Å²) < 4.78 is 32.0. The minimum Gasteiger partial charge on any atom is -0.468 e. The van der Waals surface area contributed by atoms with Crippen LogP contribution in [0.3, 0.4) is 0 Å². The van der Waals surface area contributed by atoms with Gasteiger partial charge in [0, 0.05) is 7.05 Å². The predicted molar refractivity (Wildman–Crippen MR) is 50.4 cm³/mol. The molecule has 0 rings (SSSR count). The van der Waals surface area contributed by atoms with Gasteiger partial charge < -0.3 is 9.47 Å². The standard InChI is InChI=1S/C7H13NO6S/c1-8(4-6(9)13-2)15(11,12)5-7(10)14-3/h4-5H2,1-3H3. The summed E-state index contributed by atoms with van der Waals surface area (Å²) >= 11 is 0. The number of carbonyl (C=O) groups is 2. The van der Waals surface area contributed by atoms with Crippen molar-refractivity contribution in [2.24, 2.45) is 0 Å². The first-order chi connectivity index (χ1) is 6.83. The lowest BCUT2D eigenvalue weighted by molar-refractivity contribution is -0.141. The number of hydrogen-bond acceptors (Lipinski definition) is 6. The molecule has 0 aromatic heterocycles. The molecule has 0 atom stereocenters. The first-order valence-corrected chi connectivity index (χ1v) is 5.52. The van der Waals surface area contributed by atoms with E-state index >= 15 is 0 Å². The van der Waals surface area contributed by atoms with Crippen molar-refractivity contribution in [2.45, 2.75) is 0 Å². The molecule has 15 heavy (non-hydrogen) atoms. The molecule has 0 amide bonds. The van der Waals surface area contributed by atoms with Crippen LogP contribution in [0.5, 0.6) is 0 Å². The average Bonchev–Trinajstić information content (AvgIpc) is 2.16. The summed E-state index contributed by atoms with van der Waals surface area (Å²) in [7, 11) is -0.420. The van der Waals surface area contributed by atoms with E-state index in [-0.39, 0.29) is 0 Å². The van der Waals surface area contributed by atoms with Crippen LogP contribution >= 0.6 is 0 Å². The number of carbonyl (C=O) groups excluding carboxylic acids is 2. The van der Waals surface area contributed by atoms with Gasteiger partial charge in [0.1, 0.15) is 6.54 Å². The molecule has 0 aliphatic heterocycles. The number of nitrogens with zero attached hydrogens (tertiary/aromatic N) is 1. The molecule has 0 saturated heterocycles. The molecule has 0 unspecified atom stereocenters. The van der Waals surface area contributed by atoms with Gasteiger partial charge in [0.2, 0.25) is 10.0 Å². The maximum atomic E-state index is 11.4. The monoisotopic (exact) mass is 239 g/mol. The first-order valence-electron chi connectivity index (χ1n) is 3.91. The molecule has 8 heteroatoms. The third-order valence-corrected chi connectivity index (χ3v) is 3.26. The molecule has 0 spiro atoms. The number of esters is 2. The van der Waals surface area contributed by atoms with Crippen molar-refractivity contribution < 1.29 is 27.5 Å². The number of methoxy groups -OCH3 is 2. The zero-order valence-electron chi connectivity index (χ0n) is 8.72. The van der Waals surface area contributed by atoms with Crippen LogP contribution < -0.4 is 0 Å². The molecule has 0 radical (unpaired) electrons.